The van der Waals surface area contributed by atoms with Crippen LogP contribution >= 0.6 is 11.6 Å². The number of anilines is 3. The number of hydrogen-bond donors (Lipinski definition) is 3. The van der Waals surface area contributed by atoms with Gasteiger partial charge in [0.1, 0.15) is 30.3 Å². The van der Waals surface area contributed by atoms with E-state index in [9.17, 15) is 14.0 Å². The summed E-state index contributed by atoms with van der Waals surface area (Å²) in [4.78, 5) is 33.2. The Morgan fingerprint density at radius 2 is 1.88 bits per heavy atom. The third-order valence-electron chi connectivity index (χ3n) is 5.89. The Kier molecular flexibility index (Phi) is 8.35. The van der Waals surface area contributed by atoms with Gasteiger partial charge in [0.2, 0.25) is 11.7 Å². The fourth-order valence-corrected chi connectivity index (χ4v) is 4.16. The van der Waals surface area contributed by atoms with E-state index in [1.807, 2.05) is 0 Å². The van der Waals surface area contributed by atoms with Crippen LogP contribution in [-0.2, 0) is 11.4 Å². The molecular formula is C29H24ClFN6O4. The Morgan fingerprint density at radius 1 is 1.02 bits per heavy atom. The lowest BCUT2D eigenvalue weighted by atomic mass is 10.2. The van der Waals surface area contributed by atoms with E-state index in [2.05, 4.69) is 31.1 Å². The van der Waals surface area contributed by atoms with Crippen LogP contribution in [0.1, 0.15) is 28.2 Å². The van der Waals surface area contributed by atoms with E-state index in [1.54, 1.807) is 55.5 Å². The van der Waals surface area contributed by atoms with Crippen molar-refractivity contribution in [2.75, 3.05) is 17.2 Å². The average Bonchev–Trinajstić information content (AvgIpc) is 3.39. The molecule has 3 aromatic carbocycles. The lowest BCUT2D eigenvalue weighted by Crippen LogP contribution is -2.27. The molecule has 0 atom stereocenters. The predicted molar refractivity (Wildman–Crippen MR) is 152 cm³/mol. The van der Waals surface area contributed by atoms with Crippen molar-refractivity contribution in [3.8, 4) is 5.75 Å². The van der Waals surface area contributed by atoms with E-state index in [0.717, 1.165) is 0 Å². The highest BCUT2D eigenvalue weighted by molar-refractivity contribution is 6.32. The summed E-state index contributed by atoms with van der Waals surface area (Å²) in [5, 5.41) is 13.4. The molecule has 0 bridgehead atoms. The summed E-state index contributed by atoms with van der Waals surface area (Å²) in [6.07, 6.45) is 1.49. The van der Waals surface area contributed by atoms with Crippen molar-refractivity contribution in [2.45, 2.75) is 20.0 Å². The summed E-state index contributed by atoms with van der Waals surface area (Å²) < 4.78 is 24.1. The summed E-state index contributed by atoms with van der Waals surface area (Å²) in [5.74, 6) is -0.0195. The SMILES string of the molecule is Cc1cc(C(=O)NCCC(=O)Nc2ccc3ncnc(Nc4ccc(OCc5cccc(F)c5)c(Cl)c4)c3c2)on1. The molecule has 10 nitrogen and oxygen atoms in total. The number of nitrogens with one attached hydrogen (secondary N) is 3. The van der Waals surface area contributed by atoms with Gasteiger partial charge >= 0.3 is 0 Å². The van der Waals surface area contributed by atoms with Crippen LogP contribution in [0.15, 0.2) is 77.6 Å². The Bertz CT molecular complexity index is 1730. The van der Waals surface area contributed by atoms with E-state index < -0.39 is 5.91 Å². The Labute approximate surface area is 238 Å². The molecule has 0 saturated carbocycles. The lowest BCUT2D eigenvalue weighted by Gasteiger charge is -2.13. The van der Waals surface area contributed by atoms with Gasteiger partial charge in [0, 0.05) is 35.8 Å². The minimum atomic E-state index is -0.441. The van der Waals surface area contributed by atoms with Crippen LogP contribution in [0.5, 0.6) is 5.75 Å². The van der Waals surface area contributed by atoms with Gasteiger partial charge in [0.25, 0.3) is 5.91 Å². The second kappa shape index (κ2) is 12.4. The Morgan fingerprint density at radius 3 is 2.66 bits per heavy atom. The molecule has 0 unspecified atom stereocenters. The van der Waals surface area contributed by atoms with Gasteiger partial charge in [-0.25, -0.2) is 14.4 Å². The molecule has 2 aromatic heterocycles. The van der Waals surface area contributed by atoms with Gasteiger partial charge in [-0.1, -0.05) is 28.9 Å². The van der Waals surface area contributed by atoms with Crippen molar-refractivity contribution in [3.63, 3.8) is 0 Å². The van der Waals surface area contributed by atoms with E-state index in [0.29, 0.717) is 50.1 Å². The number of carbonyl (C=O) groups excluding carboxylic acids is 2. The summed E-state index contributed by atoms with van der Waals surface area (Å²) in [6.45, 7) is 2.00. The molecule has 2 amide bonds. The first-order valence-corrected chi connectivity index (χ1v) is 12.9. The number of nitrogens with zero attached hydrogens (tertiary/aromatic N) is 3. The highest BCUT2D eigenvalue weighted by Gasteiger charge is 2.13. The second-order valence-corrected chi connectivity index (χ2v) is 9.44. The summed E-state index contributed by atoms with van der Waals surface area (Å²) in [6, 6.07) is 18.1. The Hall–Kier alpha value is -5.03. The molecule has 41 heavy (non-hydrogen) atoms. The highest BCUT2D eigenvalue weighted by atomic mass is 35.5. The van der Waals surface area contributed by atoms with Gasteiger partial charge < -0.3 is 25.2 Å². The normalized spacial score (nSPS) is 10.8. The van der Waals surface area contributed by atoms with E-state index >= 15 is 0 Å². The van der Waals surface area contributed by atoms with Crippen molar-refractivity contribution in [1.29, 1.82) is 0 Å². The van der Waals surface area contributed by atoms with Crippen LogP contribution in [-0.4, -0.2) is 33.5 Å². The molecule has 0 aliphatic carbocycles. The fraction of sp³-hybridized carbons (Fsp3) is 0.138. The summed E-state index contributed by atoms with van der Waals surface area (Å²) in [5.41, 5.74) is 3.13. The molecule has 0 aliphatic rings. The zero-order chi connectivity index (χ0) is 28.8. The number of aromatic nitrogens is 3. The molecule has 208 valence electrons. The van der Waals surface area contributed by atoms with E-state index in [-0.39, 0.29) is 37.1 Å². The number of benzene rings is 3. The van der Waals surface area contributed by atoms with Crippen molar-refractivity contribution < 1.29 is 23.2 Å². The first kappa shape index (κ1) is 27.5. The average molecular weight is 575 g/mol. The first-order valence-electron chi connectivity index (χ1n) is 12.5. The number of halogens is 2. The maximum Gasteiger partial charge on any atom is 0.289 e. The number of fused-ring (bicyclic) bond motifs is 1. The van der Waals surface area contributed by atoms with E-state index in [1.165, 1.54) is 24.5 Å². The van der Waals surface area contributed by atoms with Crippen LogP contribution in [0.25, 0.3) is 10.9 Å². The first-order chi connectivity index (χ1) is 19.8. The number of ether oxygens (including phenoxy) is 1. The summed E-state index contributed by atoms with van der Waals surface area (Å²) >= 11 is 6.44. The molecule has 3 N–H and O–H groups in total. The highest BCUT2D eigenvalue weighted by Crippen LogP contribution is 2.31. The van der Waals surface area contributed by atoms with Crippen molar-refractivity contribution >= 4 is 51.5 Å². The number of aryl methyl sites for hydroxylation is 1. The number of rotatable bonds is 10. The largest absolute Gasteiger partial charge is 0.487 e. The Balaban J connectivity index is 1.21. The van der Waals surface area contributed by atoms with Crippen LogP contribution in [0.2, 0.25) is 5.02 Å². The molecule has 12 heteroatoms. The monoisotopic (exact) mass is 574 g/mol. The van der Waals surface area contributed by atoms with Crippen molar-refractivity contribution in [3.05, 3.63) is 101 Å². The van der Waals surface area contributed by atoms with Gasteiger partial charge in [0.15, 0.2) is 0 Å². The molecule has 0 spiro atoms. The molecule has 2 heterocycles. The van der Waals surface area contributed by atoms with Gasteiger partial charge in [-0.3, -0.25) is 9.59 Å². The molecule has 0 fully saturated rings. The number of hydrogen-bond acceptors (Lipinski definition) is 8. The molecule has 0 saturated heterocycles. The topological polar surface area (TPSA) is 131 Å². The maximum atomic E-state index is 13.4. The van der Waals surface area contributed by atoms with E-state index in [4.69, 9.17) is 20.9 Å². The molecular weight excluding hydrogens is 551 g/mol. The number of carbonyl (C=O) groups is 2. The maximum absolute atomic E-state index is 13.4. The van der Waals surface area contributed by atoms with Crippen LogP contribution in [0.3, 0.4) is 0 Å². The number of amides is 2. The third-order valence-corrected chi connectivity index (χ3v) is 6.18. The zero-order valence-corrected chi connectivity index (χ0v) is 22.5. The molecule has 0 radical (unpaired) electrons. The third kappa shape index (κ3) is 7.14. The molecule has 5 rings (SSSR count). The minimum absolute atomic E-state index is 0.0550. The minimum Gasteiger partial charge on any atom is -0.487 e. The fourth-order valence-electron chi connectivity index (χ4n) is 3.92. The van der Waals surface area contributed by atoms with Gasteiger partial charge in [0.05, 0.1) is 16.2 Å². The molecule has 0 aliphatic heterocycles. The van der Waals surface area contributed by atoms with Gasteiger partial charge in [-0.05, 0) is 61.0 Å². The smallest absolute Gasteiger partial charge is 0.289 e. The van der Waals surface area contributed by atoms with Crippen LogP contribution in [0.4, 0.5) is 21.6 Å². The standard InChI is InChI=1S/C29H24ClFN6O4/c1-17-11-26(41-37-17)29(39)32-10-9-27(38)35-20-5-7-24-22(13-20)28(34-16-33-24)36-21-6-8-25(23(30)14-21)40-15-18-3-2-4-19(31)12-18/h2-8,11-14,16H,9-10,15H2,1H3,(H,32,39)(H,35,38)(H,33,34,36). The van der Waals surface area contributed by atoms with Crippen molar-refractivity contribution in [2.24, 2.45) is 0 Å². The zero-order valence-electron chi connectivity index (χ0n) is 21.8. The lowest BCUT2D eigenvalue weighted by molar-refractivity contribution is -0.116. The predicted octanol–water partition coefficient (Wildman–Crippen LogP) is 5.80. The molecule has 5 aromatic rings. The summed E-state index contributed by atoms with van der Waals surface area (Å²) in [7, 11) is 0. The van der Waals surface area contributed by atoms with Gasteiger partial charge in [-0.15, -0.1) is 0 Å². The quantitative estimate of drug-likeness (QED) is 0.191. The van der Waals surface area contributed by atoms with Crippen LogP contribution < -0.4 is 20.7 Å². The van der Waals surface area contributed by atoms with Crippen LogP contribution in [0, 0.1) is 12.7 Å². The van der Waals surface area contributed by atoms with Gasteiger partial charge in [-0.2, -0.15) is 0 Å². The second-order valence-electron chi connectivity index (χ2n) is 9.03. The van der Waals surface area contributed by atoms with Crippen molar-refractivity contribution in [1.82, 2.24) is 20.4 Å².